The highest BCUT2D eigenvalue weighted by Gasteiger charge is 2.40. The van der Waals surface area contributed by atoms with Crippen molar-refractivity contribution >= 4 is 0 Å². The minimum absolute atomic E-state index is 0.108. The number of hydrogen-bond donors (Lipinski definition) is 1. The van der Waals surface area contributed by atoms with Crippen LogP contribution < -0.4 is 5.32 Å². The second-order valence-corrected chi connectivity index (χ2v) is 5.27. The summed E-state index contributed by atoms with van der Waals surface area (Å²) in [6, 6.07) is 0. The topological polar surface area (TPSA) is 21.3 Å². The van der Waals surface area contributed by atoms with Crippen molar-refractivity contribution in [2.24, 2.45) is 5.41 Å². The minimum atomic E-state index is 0.108. The summed E-state index contributed by atoms with van der Waals surface area (Å²) in [5.41, 5.74) is 0.327. The smallest absolute Gasteiger partial charge is 0.0799 e. The Bertz CT molecular complexity index is 158. The van der Waals surface area contributed by atoms with Crippen molar-refractivity contribution in [1.29, 1.82) is 0 Å². The standard InChI is InChI=1S/C10H21NO/c1-9(2,3)8-10(4,5)11-6-7-12-8/h8,11H,6-7H2,1-5H3/t8-/m0/s1. The zero-order valence-corrected chi connectivity index (χ0v) is 8.90. The van der Waals surface area contributed by atoms with Crippen LogP contribution in [-0.2, 0) is 4.74 Å². The van der Waals surface area contributed by atoms with Crippen LogP contribution in [0.5, 0.6) is 0 Å². The Morgan fingerprint density at radius 1 is 1.33 bits per heavy atom. The Hall–Kier alpha value is -0.0800. The summed E-state index contributed by atoms with van der Waals surface area (Å²) in [4.78, 5) is 0. The number of ether oxygens (including phenoxy) is 1. The average Bonchev–Trinajstić information content (AvgIpc) is 1.83. The minimum Gasteiger partial charge on any atom is -0.374 e. The molecule has 0 aliphatic carbocycles. The lowest BCUT2D eigenvalue weighted by molar-refractivity contribution is -0.0937. The van der Waals surface area contributed by atoms with Crippen molar-refractivity contribution < 1.29 is 4.74 Å². The zero-order chi connectivity index (χ0) is 9.41. The third-order valence-electron chi connectivity index (χ3n) is 2.41. The Balaban J connectivity index is 2.73. The molecule has 1 saturated heterocycles. The molecule has 0 aromatic rings. The molecule has 0 radical (unpaired) electrons. The number of nitrogens with one attached hydrogen (secondary N) is 1. The van der Waals surface area contributed by atoms with Gasteiger partial charge in [-0.2, -0.15) is 0 Å². The van der Waals surface area contributed by atoms with Crippen molar-refractivity contribution in [3.8, 4) is 0 Å². The normalized spacial score (nSPS) is 30.2. The molecule has 72 valence electrons. The van der Waals surface area contributed by atoms with E-state index in [1.807, 2.05) is 0 Å². The second-order valence-electron chi connectivity index (χ2n) is 5.27. The second kappa shape index (κ2) is 3.00. The van der Waals surface area contributed by atoms with Crippen LogP contribution in [0.1, 0.15) is 34.6 Å². The highest BCUT2D eigenvalue weighted by molar-refractivity contribution is 4.96. The van der Waals surface area contributed by atoms with E-state index >= 15 is 0 Å². The van der Waals surface area contributed by atoms with Gasteiger partial charge in [0.15, 0.2) is 0 Å². The number of morpholine rings is 1. The maximum absolute atomic E-state index is 5.80. The van der Waals surface area contributed by atoms with Gasteiger partial charge in [0.25, 0.3) is 0 Å². The first kappa shape index (κ1) is 10.0. The molecule has 0 saturated carbocycles. The maximum atomic E-state index is 5.80. The van der Waals surface area contributed by atoms with E-state index < -0.39 is 0 Å². The van der Waals surface area contributed by atoms with Gasteiger partial charge in [0.1, 0.15) is 0 Å². The summed E-state index contributed by atoms with van der Waals surface area (Å²) < 4.78 is 5.80. The van der Waals surface area contributed by atoms with Crippen LogP contribution in [0.25, 0.3) is 0 Å². The fourth-order valence-corrected chi connectivity index (χ4v) is 2.18. The molecule has 2 heteroatoms. The molecular weight excluding hydrogens is 150 g/mol. The van der Waals surface area contributed by atoms with Gasteiger partial charge in [0.2, 0.25) is 0 Å². The molecule has 1 heterocycles. The van der Waals surface area contributed by atoms with Gasteiger partial charge in [0, 0.05) is 12.1 Å². The molecule has 1 rings (SSSR count). The Labute approximate surface area is 75.7 Å². The van der Waals surface area contributed by atoms with Crippen LogP contribution in [0.2, 0.25) is 0 Å². The molecule has 0 bridgehead atoms. The van der Waals surface area contributed by atoms with Gasteiger partial charge in [-0.3, -0.25) is 0 Å². The van der Waals surface area contributed by atoms with Crippen LogP contribution >= 0.6 is 0 Å². The van der Waals surface area contributed by atoms with Gasteiger partial charge in [-0.1, -0.05) is 20.8 Å². The highest BCUT2D eigenvalue weighted by atomic mass is 16.5. The summed E-state index contributed by atoms with van der Waals surface area (Å²) >= 11 is 0. The molecule has 0 unspecified atom stereocenters. The first-order chi connectivity index (χ1) is 5.34. The number of hydrogen-bond acceptors (Lipinski definition) is 2. The van der Waals surface area contributed by atoms with Crippen molar-refractivity contribution in [1.82, 2.24) is 5.32 Å². The quantitative estimate of drug-likeness (QED) is 0.600. The molecule has 1 fully saturated rings. The Kier molecular flexibility index (Phi) is 2.50. The van der Waals surface area contributed by atoms with Crippen LogP contribution in [0.15, 0.2) is 0 Å². The SMILES string of the molecule is CC(C)(C)[C@@H]1OCCNC1(C)C. The maximum Gasteiger partial charge on any atom is 0.0799 e. The molecule has 12 heavy (non-hydrogen) atoms. The summed E-state index contributed by atoms with van der Waals surface area (Å²) in [6.45, 7) is 12.9. The van der Waals surface area contributed by atoms with E-state index in [0.717, 1.165) is 13.2 Å². The summed E-state index contributed by atoms with van der Waals surface area (Å²) in [5, 5.41) is 3.49. The first-order valence-corrected chi connectivity index (χ1v) is 4.71. The Morgan fingerprint density at radius 3 is 2.25 bits per heavy atom. The van der Waals surface area contributed by atoms with Gasteiger partial charge >= 0.3 is 0 Å². The van der Waals surface area contributed by atoms with Crippen LogP contribution in [0.4, 0.5) is 0 Å². The van der Waals surface area contributed by atoms with Crippen molar-refractivity contribution in [3.63, 3.8) is 0 Å². The van der Waals surface area contributed by atoms with E-state index in [9.17, 15) is 0 Å². The molecule has 0 spiro atoms. The van der Waals surface area contributed by atoms with Crippen LogP contribution in [0.3, 0.4) is 0 Å². The molecule has 1 atom stereocenters. The van der Waals surface area contributed by atoms with E-state index in [1.54, 1.807) is 0 Å². The number of rotatable bonds is 0. The van der Waals surface area contributed by atoms with Crippen molar-refractivity contribution in [2.45, 2.75) is 46.3 Å². The first-order valence-electron chi connectivity index (χ1n) is 4.71. The predicted molar refractivity (Wildman–Crippen MR) is 51.3 cm³/mol. The molecule has 1 N–H and O–H groups in total. The molecule has 1 aliphatic rings. The predicted octanol–water partition coefficient (Wildman–Crippen LogP) is 1.80. The fourth-order valence-electron chi connectivity index (χ4n) is 2.18. The van der Waals surface area contributed by atoms with E-state index in [-0.39, 0.29) is 11.0 Å². The van der Waals surface area contributed by atoms with Crippen molar-refractivity contribution in [3.05, 3.63) is 0 Å². The van der Waals surface area contributed by atoms with Crippen LogP contribution in [-0.4, -0.2) is 24.8 Å². The van der Waals surface area contributed by atoms with E-state index in [0.29, 0.717) is 6.10 Å². The monoisotopic (exact) mass is 171 g/mol. The lowest BCUT2D eigenvalue weighted by atomic mass is 9.77. The molecule has 2 nitrogen and oxygen atoms in total. The van der Waals surface area contributed by atoms with Crippen LogP contribution in [0, 0.1) is 5.41 Å². The van der Waals surface area contributed by atoms with Crippen molar-refractivity contribution in [2.75, 3.05) is 13.2 Å². The fraction of sp³-hybridized carbons (Fsp3) is 1.00. The zero-order valence-electron chi connectivity index (χ0n) is 8.90. The van der Waals surface area contributed by atoms with E-state index in [2.05, 4.69) is 39.9 Å². The van der Waals surface area contributed by atoms with Gasteiger partial charge in [-0.05, 0) is 19.3 Å². The van der Waals surface area contributed by atoms with E-state index in [1.165, 1.54) is 0 Å². The molecular formula is C10H21NO. The third kappa shape index (κ3) is 1.99. The van der Waals surface area contributed by atoms with Gasteiger partial charge in [-0.25, -0.2) is 0 Å². The molecule has 0 aromatic carbocycles. The lowest BCUT2D eigenvalue weighted by Gasteiger charge is -2.46. The lowest BCUT2D eigenvalue weighted by Crippen LogP contribution is -2.60. The Morgan fingerprint density at radius 2 is 1.92 bits per heavy atom. The molecule has 0 amide bonds. The molecule has 0 aromatic heterocycles. The third-order valence-corrected chi connectivity index (χ3v) is 2.41. The van der Waals surface area contributed by atoms with Gasteiger partial charge in [0.05, 0.1) is 12.7 Å². The summed E-state index contributed by atoms with van der Waals surface area (Å²) in [5.74, 6) is 0. The average molecular weight is 171 g/mol. The largest absolute Gasteiger partial charge is 0.374 e. The highest BCUT2D eigenvalue weighted by Crippen LogP contribution is 2.32. The molecule has 1 aliphatic heterocycles. The summed E-state index contributed by atoms with van der Waals surface area (Å²) in [6.07, 6.45) is 0.304. The summed E-state index contributed by atoms with van der Waals surface area (Å²) in [7, 11) is 0. The van der Waals surface area contributed by atoms with Gasteiger partial charge in [-0.15, -0.1) is 0 Å². The van der Waals surface area contributed by atoms with E-state index in [4.69, 9.17) is 4.74 Å². The van der Waals surface area contributed by atoms with Gasteiger partial charge < -0.3 is 10.1 Å².